The highest BCUT2D eigenvalue weighted by Gasteiger charge is 2.51. The first-order valence-electron chi connectivity index (χ1n) is 9.64. The number of thioether (sulfide) groups is 1. The molecule has 1 aliphatic heterocycles. The molecule has 2 aromatic carbocycles. The van der Waals surface area contributed by atoms with Crippen LogP contribution in [0, 0.1) is 5.21 Å². The van der Waals surface area contributed by atoms with Crippen molar-refractivity contribution in [2.24, 2.45) is 5.84 Å². The lowest BCUT2D eigenvalue weighted by Crippen LogP contribution is -2.54. The Morgan fingerprint density at radius 2 is 1.74 bits per heavy atom. The molecule has 3 rings (SSSR count). The second-order valence-corrected chi connectivity index (χ2v) is 7.50. The molecular weight excluding hydrogens is 422 g/mol. The third-order valence-electron chi connectivity index (χ3n) is 4.13. The molecule has 0 aromatic heterocycles. The molecule has 1 aliphatic rings. The van der Waals surface area contributed by atoms with Crippen molar-refractivity contribution in [3.63, 3.8) is 0 Å². The number of unbranched alkanes of at least 4 members (excludes halogenated alkanes) is 1. The van der Waals surface area contributed by atoms with Gasteiger partial charge in [0.05, 0.1) is 0 Å². The number of amidine groups is 1. The van der Waals surface area contributed by atoms with Crippen LogP contribution in [0.3, 0.4) is 0 Å². The fourth-order valence-corrected chi connectivity index (χ4v) is 3.44. The van der Waals surface area contributed by atoms with Gasteiger partial charge in [0, 0.05) is 23.1 Å². The van der Waals surface area contributed by atoms with Crippen LogP contribution >= 0.6 is 11.8 Å². The van der Waals surface area contributed by atoms with Crippen molar-refractivity contribution in [1.29, 1.82) is 0 Å². The van der Waals surface area contributed by atoms with Gasteiger partial charge in [-0.2, -0.15) is 10.6 Å². The van der Waals surface area contributed by atoms with Gasteiger partial charge in [-0.3, -0.25) is 4.79 Å². The molecule has 0 atom stereocenters. The Bertz CT molecular complexity index is 928. The van der Waals surface area contributed by atoms with E-state index in [0.717, 1.165) is 28.8 Å². The summed E-state index contributed by atoms with van der Waals surface area (Å²) in [6.07, 6.45) is 0.540. The Labute approximate surface area is 183 Å². The molecule has 2 N–H and O–H groups in total. The summed E-state index contributed by atoms with van der Waals surface area (Å²) in [5.41, 5.74) is 0.752. The summed E-state index contributed by atoms with van der Waals surface area (Å²) in [6, 6.07) is 18.0. The fourth-order valence-electron chi connectivity index (χ4n) is 2.55. The molecule has 11 heteroatoms. The first-order chi connectivity index (χ1) is 15.0. The number of benzene rings is 2. The van der Waals surface area contributed by atoms with E-state index in [2.05, 4.69) is 0 Å². The van der Waals surface area contributed by atoms with Crippen LogP contribution in [0.5, 0.6) is 0 Å². The number of hydrogen-bond acceptors (Lipinski definition) is 9. The van der Waals surface area contributed by atoms with Crippen LogP contribution < -0.4 is 5.84 Å². The van der Waals surface area contributed by atoms with Crippen LogP contribution in [0.25, 0.3) is 0 Å². The summed E-state index contributed by atoms with van der Waals surface area (Å²) in [4.78, 5) is 31.2. The lowest BCUT2D eigenvalue weighted by molar-refractivity contribution is -0.697. The summed E-state index contributed by atoms with van der Waals surface area (Å²) >= 11 is 0.970. The van der Waals surface area contributed by atoms with Gasteiger partial charge < -0.3 is 14.8 Å². The zero-order chi connectivity index (χ0) is 22.2. The maximum absolute atomic E-state index is 12.9. The number of hydrazone groups is 1. The van der Waals surface area contributed by atoms with Crippen LogP contribution in [-0.2, 0) is 21.0 Å². The van der Waals surface area contributed by atoms with E-state index in [1.54, 1.807) is 36.4 Å². The predicted octanol–water partition coefficient (Wildman–Crippen LogP) is 3.17. The van der Waals surface area contributed by atoms with Crippen LogP contribution in [0.2, 0.25) is 0 Å². The number of carbonyl (C=O) groups is 2. The maximum atomic E-state index is 12.9. The maximum Gasteiger partial charge on any atom is 0.531 e. The molecule has 31 heavy (non-hydrogen) atoms. The van der Waals surface area contributed by atoms with Crippen LogP contribution in [0.4, 0.5) is 4.79 Å². The number of rotatable bonds is 7. The number of amides is 1. The van der Waals surface area contributed by atoms with Gasteiger partial charge >= 0.3 is 17.2 Å². The Morgan fingerprint density at radius 3 is 2.39 bits per heavy atom. The first-order valence-corrected chi connectivity index (χ1v) is 10.5. The molecule has 0 bridgehead atoms. The van der Waals surface area contributed by atoms with Crippen molar-refractivity contribution < 1.29 is 24.0 Å². The summed E-state index contributed by atoms with van der Waals surface area (Å²) in [6.45, 7) is 1.88. The summed E-state index contributed by atoms with van der Waals surface area (Å²) in [5, 5.41) is 14.4. The molecule has 0 saturated carbocycles. The molecule has 1 heterocycles. The molecule has 10 nitrogen and oxygen atoms in total. The van der Waals surface area contributed by atoms with Crippen molar-refractivity contribution in [3.05, 3.63) is 71.4 Å². The Balaban J connectivity index is 1.82. The lowest BCUT2D eigenvalue weighted by atomic mass is 10.2. The van der Waals surface area contributed by atoms with Gasteiger partial charge in [-0.05, 0) is 34.4 Å². The van der Waals surface area contributed by atoms with E-state index in [4.69, 9.17) is 15.4 Å². The molecule has 164 valence electrons. The van der Waals surface area contributed by atoms with E-state index in [1.807, 2.05) is 31.2 Å². The third kappa shape index (κ3) is 5.66. The quantitative estimate of drug-likeness (QED) is 0.390. The third-order valence-corrected chi connectivity index (χ3v) is 5.15. The van der Waals surface area contributed by atoms with Crippen LogP contribution in [0.15, 0.2) is 65.6 Å². The van der Waals surface area contributed by atoms with Gasteiger partial charge in [0.25, 0.3) is 0 Å². The molecule has 0 fully saturated rings. The molecule has 0 radical (unpaired) electrons. The highest BCUT2D eigenvalue weighted by atomic mass is 32.2. The lowest BCUT2D eigenvalue weighted by Gasteiger charge is -2.21. The summed E-state index contributed by atoms with van der Waals surface area (Å²) < 4.78 is 5.34. The normalized spacial score (nSPS) is 14.1. The van der Waals surface area contributed by atoms with Gasteiger partial charge in [0.1, 0.15) is 6.61 Å². The molecule has 0 aliphatic carbocycles. The fraction of sp³-hybridized carbons (Fsp3) is 0.250. The number of hydrogen-bond donors (Lipinski definition) is 1. The van der Waals surface area contributed by atoms with Gasteiger partial charge in [-0.15, -0.1) is 4.85 Å². The molecular formula is C20H23N5O5S. The molecule has 1 amide bonds. The highest BCUT2D eigenvalue weighted by Crippen LogP contribution is 2.27. The standard InChI is InChI=1S/C20H23N5O5S/c1-2-3-14-18(26)30-25-22(20(27)29-15-16-10-6-4-7-11-16)19(23(28)24(25)21)31-17-12-8-5-9-13-17/h4-13H,2-3,14-15,21H2,1H3. The number of nitrogens with zero attached hydrogens (tertiary/aromatic N) is 4. The van der Waals surface area contributed by atoms with Gasteiger partial charge in [0.2, 0.25) is 0 Å². The van der Waals surface area contributed by atoms with Gasteiger partial charge in [0.15, 0.2) is 5.28 Å². The Morgan fingerprint density at radius 1 is 1.10 bits per heavy atom. The Hall–Kier alpha value is -3.28. The van der Waals surface area contributed by atoms with Crippen molar-refractivity contribution in [2.45, 2.75) is 37.7 Å². The number of carbonyl (C=O) groups excluding carboxylic acids is 2. The van der Waals surface area contributed by atoms with Crippen molar-refractivity contribution in [1.82, 2.24) is 15.5 Å². The highest BCUT2D eigenvalue weighted by molar-refractivity contribution is 8.13. The van der Waals surface area contributed by atoms with E-state index in [-0.39, 0.29) is 23.0 Å². The van der Waals surface area contributed by atoms with E-state index >= 15 is 0 Å². The molecule has 0 spiro atoms. The predicted molar refractivity (Wildman–Crippen MR) is 113 cm³/mol. The van der Waals surface area contributed by atoms with E-state index in [0.29, 0.717) is 21.8 Å². The van der Waals surface area contributed by atoms with E-state index < -0.39 is 12.1 Å². The molecule has 0 unspecified atom stereocenters. The second kappa shape index (κ2) is 10.7. The average Bonchev–Trinajstić information content (AvgIpc) is 3.02. The Kier molecular flexibility index (Phi) is 7.70. The monoisotopic (exact) mass is 445 g/mol. The topological polar surface area (TPSA) is 114 Å². The van der Waals surface area contributed by atoms with Gasteiger partial charge in [-0.25, -0.2) is 0 Å². The minimum absolute atomic E-state index is 0.0412. The van der Waals surface area contributed by atoms with Gasteiger partial charge in [-0.1, -0.05) is 61.9 Å². The smallest absolute Gasteiger partial charge is 0.531 e. The summed E-state index contributed by atoms with van der Waals surface area (Å²) in [7, 11) is 0. The number of ether oxygens (including phenoxy) is 1. The summed E-state index contributed by atoms with van der Waals surface area (Å²) in [5.74, 6) is 5.15. The minimum Gasteiger partial charge on any atom is -0.690 e. The van der Waals surface area contributed by atoms with E-state index in [1.165, 1.54) is 0 Å². The number of nitrogens with two attached hydrogens (primary N) is 1. The van der Waals surface area contributed by atoms with Crippen molar-refractivity contribution >= 4 is 29.0 Å². The van der Waals surface area contributed by atoms with Crippen LogP contribution in [0.1, 0.15) is 31.7 Å². The second-order valence-electron chi connectivity index (χ2n) is 6.46. The van der Waals surface area contributed by atoms with Crippen molar-refractivity contribution in [3.8, 4) is 0 Å². The minimum atomic E-state index is -0.931. The largest absolute Gasteiger partial charge is 0.690 e. The van der Waals surface area contributed by atoms with Crippen molar-refractivity contribution in [2.75, 3.05) is 0 Å². The first kappa shape index (κ1) is 22.4. The molecule has 0 saturated heterocycles. The average molecular weight is 446 g/mol. The van der Waals surface area contributed by atoms with E-state index in [9.17, 15) is 14.8 Å². The SMILES string of the molecule is CCCCC(=O)ON1N(C(=O)OCc2ccccc2)C(Sc2ccccc2)=[N+]([O-])N1N. The van der Waals surface area contributed by atoms with Crippen LogP contribution in [-0.4, -0.2) is 37.6 Å². The zero-order valence-electron chi connectivity index (χ0n) is 16.9. The zero-order valence-corrected chi connectivity index (χ0v) is 17.7. The molecule has 2 aromatic rings. The number of hydrazine groups is 4.